The number of amides is 1. The van der Waals surface area contributed by atoms with Crippen LogP contribution in [0, 0.1) is 5.92 Å². The fourth-order valence-corrected chi connectivity index (χ4v) is 2.05. The van der Waals surface area contributed by atoms with Crippen LogP contribution in [0.15, 0.2) is 18.2 Å². The van der Waals surface area contributed by atoms with Gasteiger partial charge in [0.05, 0.1) is 17.9 Å². The molecule has 1 aromatic carbocycles. The van der Waals surface area contributed by atoms with E-state index >= 15 is 0 Å². The molecule has 1 aromatic rings. The molecule has 0 aromatic heterocycles. The Morgan fingerprint density at radius 3 is 3.00 bits per heavy atom. The topological polar surface area (TPSA) is 55.6 Å². The molecule has 0 saturated heterocycles. The van der Waals surface area contributed by atoms with Gasteiger partial charge in [0.2, 0.25) is 5.91 Å². The highest BCUT2D eigenvalue weighted by molar-refractivity contribution is 5.99. The van der Waals surface area contributed by atoms with Crippen LogP contribution in [0.2, 0.25) is 0 Å². The maximum atomic E-state index is 12.1. The normalized spacial score (nSPS) is 18.9. The monoisotopic (exact) mass is 218 g/mol. The van der Waals surface area contributed by atoms with Crippen molar-refractivity contribution in [2.24, 2.45) is 5.92 Å². The molecule has 1 saturated carbocycles. The zero-order valence-corrected chi connectivity index (χ0v) is 8.98. The van der Waals surface area contributed by atoms with Crippen molar-refractivity contribution in [3.05, 3.63) is 18.2 Å². The number of nitrogens with zero attached hydrogens (tertiary/aromatic N) is 1. The van der Waals surface area contributed by atoms with Crippen molar-refractivity contribution in [1.82, 2.24) is 0 Å². The zero-order valence-electron chi connectivity index (χ0n) is 8.98. The first-order chi connectivity index (χ1) is 7.77. The van der Waals surface area contributed by atoms with Crippen molar-refractivity contribution in [2.75, 3.05) is 23.8 Å². The second-order valence-electron chi connectivity index (χ2n) is 4.31. The van der Waals surface area contributed by atoms with Crippen molar-refractivity contribution < 1.29 is 9.53 Å². The predicted molar refractivity (Wildman–Crippen MR) is 61.4 cm³/mol. The quantitative estimate of drug-likeness (QED) is 0.725. The van der Waals surface area contributed by atoms with E-state index in [1.807, 2.05) is 17.0 Å². The largest absolute Gasteiger partial charge is 0.487 e. The van der Waals surface area contributed by atoms with Gasteiger partial charge in [-0.15, -0.1) is 0 Å². The highest BCUT2D eigenvalue weighted by Crippen LogP contribution is 2.40. The molecule has 3 rings (SSSR count). The fraction of sp³-hybridized carbons (Fsp3) is 0.417. The molecule has 2 aliphatic rings. The maximum Gasteiger partial charge on any atom is 0.230 e. The maximum absolute atomic E-state index is 12.1. The number of benzene rings is 1. The Hall–Kier alpha value is -1.71. The Morgan fingerprint density at radius 1 is 1.44 bits per heavy atom. The molecule has 1 heterocycles. The van der Waals surface area contributed by atoms with Gasteiger partial charge in [0.25, 0.3) is 0 Å². The van der Waals surface area contributed by atoms with Crippen LogP contribution in [0.5, 0.6) is 5.75 Å². The second-order valence-corrected chi connectivity index (χ2v) is 4.31. The van der Waals surface area contributed by atoms with E-state index in [-0.39, 0.29) is 11.8 Å². The number of carbonyl (C=O) groups is 1. The standard InChI is InChI=1S/C12H14N2O2/c13-9-2-1-3-10-11(9)16-7-6-14(10)12(15)8-4-5-8/h1-3,8H,4-7,13H2. The van der Waals surface area contributed by atoms with E-state index in [1.165, 1.54) is 0 Å². The summed E-state index contributed by atoms with van der Waals surface area (Å²) in [6, 6.07) is 5.55. The molecule has 1 aliphatic carbocycles. The summed E-state index contributed by atoms with van der Waals surface area (Å²) in [5.74, 6) is 1.10. The molecular formula is C12H14N2O2. The number of rotatable bonds is 1. The predicted octanol–water partition coefficient (Wildman–Crippen LogP) is 1.40. The molecule has 4 heteroatoms. The first-order valence-corrected chi connectivity index (χ1v) is 5.60. The van der Waals surface area contributed by atoms with Gasteiger partial charge in [-0.05, 0) is 25.0 Å². The zero-order chi connectivity index (χ0) is 11.1. The van der Waals surface area contributed by atoms with Crippen molar-refractivity contribution in [1.29, 1.82) is 0 Å². The average molecular weight is 218 g/mol. The van der Waals surface area contributed by atoms with Gasteiger partial charge in [-0.1, -0.05) is 6.07 Å². The summed E-state index contributed by atoms with van der Waals surface area (Å²) < 4.78 is 5.52. The highest BCUT2D eigenvalue weighted by Gasteiger charge is 2.36. The van der Waals surface area contributed by atoms with Gasteiger partial charge in [0.15, 0.2) is 5.75 Å². The molecular weight excluding hydrogens is 204 g/mol. The molecule has 1 amide bonds. The summed E-state index contributed by atoms with van der Waals surface area (Å²) in [6.45, 7) is 1.16. The van der Waals surface area contributed by atoms with Crippen molar-refractivity contribution in [2.45, 2.75) is 12.8 Å². The minimum Gasteiger partial charge on any atom is -0.487 e. The second kappa shape index (κ2) is 3.40. The van der Waals surface area contributed by atoms with Crippen LogP contribution >= 0.6 is 0 Å². The number of ether oxygens (including phenoxy) is 1. The Bertz CT molecular complexity index is 441. The third-order valence-electron chi connectivity index (χ3n) is 3.07. The minimum absolute atomic E-state index is 0.218. The Balaban J connectivity index is 1.99. The molecule has 84 valence electrons. The molecule has 0 unspecified atom stereocenters. The van der Waals surface area contributed by atoms with Crippen LogP contribution in [0.3, 0.4) is 0 Å². The number of hydrogen-bond donors (Lipinski definition) is 1. The Labute approximate surface area is 94.0 Å². The first-order valence-electron chi connectivity index (χ1n) is 5.60. The number of carbonyl (C=O) groups excluding carboxylic acids is 1. The fourth-order valence-electron chi connectivity index (χ4n) is 2.05. The van der Waals surface area contributed by atoms with Crippen LogP contribution in [0.25, 0.3) is 0 Å². The number of hydrogen-bond acceptors (Lipinski definition) is 3. The molecule has 0 spiro atoms. The number of fused-ring (bicyclic) bond motifs is 1. The average Bonchev–Trinajstić information content (AvgIpc) is 3.12. The highest BCUT2D eigenvalue weighted by atomic mass is 16.5. The lowest BCUT2D eigenvalue weighted by molar-refractivity contribution is -0.120. The van der Waals surface area contributed by atoms with Crippen molar-refractivity contribution in [3.8, 4) is 5.75 Å². The van der Waals surface area contributed by atoms with Crippen LogP contribution in [-0.4, -0.2) is 19.1 Å². The van der Waals surface area contributed by atoms with Crippen molar-refractivity contribution >= 4 is 17.3 Å². The summed E-state index contributed by atoms with van der Waals surface area (Å²) in [5.41, 5.74) is 7.26. The summed E-state index contributed by atoms with van der Waals surface area (Å²) in [5, 5.41) is 0. The summed E-state index contributed by atoms with van der Waals surface area (Å²) in [6.07, 6.45) is 2.04. The van der Waals surface area contributed by atoms with E-state index < -0.39 is 0 Å². The number of nitrogens with two attached hydrogens (primary N) is 1. The summed E-state index contributed by atoms with van der Waals surface area (Å²) >= 11 is 0. The first kappa shape index (κ1) is 9.51. The van der Waals surface area contributed by atoms with E-state index in [0.717, 1.165) is 18.5 Å². The molecule has 1 aliphatic heterocycles. The van der Waals surface area contributed by atoms with Crippen LogP contribution in [0.4, 0.5) is 11.4 Å². The van der Waals surface area contributed by atoms with E-state index in [1.54, 1.807) is 6.07 Å². The molecule has 0 bridgehead atoms. The molecule has 2 N–H and O–H groups in total. The van der Waals surface area contributed by atoms with Crippen LogP contribution in [-0.2, 0) is 4.79 Å². The molecule has 16 heavy (non-hydrogen) atoms. The molecule has 4 nitrogen and oxygen atoms in total. The van der Waals surface area contributed by atoms with Crippen molar-refractivity contribution in [3.63, 3.8) is 0 Å². The van der Waals surface area contributed by atoms with E-state index in [2.05, 4.69) is 0 Å². The summed E-state index contributed by atoms with van der Waals surface area (Å²) in [4.78, 5) is 13.9. The molecule has 0 atom stereocenters. The SMILES string of the molecule is Nc1cccc2c1OCCN2C(=O)C1CC1. The third-order valence-corrected chi connectivity index (χ3v) is 3.07. The van der Waals surface area contributed by atoms with Gasteiger partial charge in [-0.3, -0.25) is 4.79 Å². The molecule has 1 fully saturated rings. The van der Waals surface area contributed by atoms with Gasteiger partial charge in [0.1, 0.15) is 6.61 Å². The lowest BCUT2D eigenvalue weighted by atomic mass is 10.2. The van der Waals surface area contributed by atoms with E-state index in [9.17, 15) is 4.79 Å². The Kier molecular flexibility index (Phi) is 2.02. The van der Waals surface area contributed by atoms with E-state index in [4.69, 9.17) is 10.5 Å². The van der Waals surface area contributed by atoms with Gasteiger partial charge in [-0.25, -0.2) is 0 Å². The lowest BCUT2D eigenvalue weighted by Crippen LogP contribution is -2.39. The third kappa shape index (κ3) is 1.41. The van der Waals surface area contributed by atoms with E-state index in [0.29, 0.717) is 24.6 Å². The van der Waals surface area contributed by atoms with Crippen LogP contribution in [0.1, 0.15) is 12.8 Å². The van der Waals surface area contributed by atoms with Gasteiger partial charge >= 0.3 is 0 Å². The van der Waals surface area contributed by atoms with Gasteiger partial charge in [-0.2, -0.15) is 0 Å². The number of nitrogen functional groups attached to an aromatic ring is 1. The molecule has 0 radical (unpaired) electrons. The smallest absolute Gasteiger partial charge is 0.230 e. The minimum atomic E-state index is 0.218. The van der Waals surface area contributed by atoms with Gasteiger partial charge < -0.3 is 15.4 Å². The Morgan fingerprint density at radius 2 is 2.25 bits per heavy atom. The van der Waals surface area contributed by atoms with Crippen LogP contribution < -0.4 is 15.4 Å². The number of para-hydroxylation sites is 1. The van der Waals surface area contributed by atoms with Gasteiger partial charge in [0, 0.05) is 5.92 Å². The number of anilines is 2. The lowest BCUT2D eigenvalue weighted by Gasteiger charge is -2.30. The summed E-state index contributed by atoms with van der Waals surface area (Å²) in [7, 11) is 0.